The summed E-state index contributed by atoms with van der Waals surface area (Å²) >= 11 is 0. The largest absolute Gasteiger partial charge is 0.478 e. The number of aromatic carboxylic acids is 2. The average molecular weight is 418 g/mol. The molecule has 6 nitrogen and oxygen atoms in total. The van der Waals surface area contributed by atoms with E-state index in [1.807, 2.05) is 36.6 Å². The zero-order valence-electron chi connectivity index (χ0n) is 18.3. The van der Waals surface area contributed by atoms with E-state index >= 15 is 0 Å². The van der Waals surface area contributed by atoms with E-state index in [0.717, 1.165) is 28.7 Å². The maximum Gasteiger partial charge on any atom is 0.335 e. The minimum atomic E-state index is -1.17. The van der Waals surface area contributed by atoms with Crippen LogP contribution in [0.25, 0.3) is 5.69 Å². The Bertz CT molecular complexity index is 1150. The van der Waals surface area contributed by atoms with Crippen molar-refractivity contribution in [2.24, 2.45) is 4.99 Å². The van der Waals surface area contributed by atoms with Crippen LogP contribution in [-0.2, 0) is 5.41 Å². The number of aromatic nitrogens is 1. The number of carboxylic acids is 2. The van der Waals surface area contributed by atoms with Crippen molar-refractivity contribution in [2.75, 3.05) is 0 Å². The van der Waals surface area contributed by atoms with E-state index in [2.05, 4.69) is 37.9 Å². The van der Waals surface area contributed by atoms with Gasteiger partial charge in [-0.1, -0.05) is 32.9 Å². The summed E-state index contributed by atoms with van der Waals surface area (Å²) in [6.45, 7) is 10.3. The highest BCUT2D eigenvalue weighted by Gasteiger charge is 2.16. The van der Waals surface area contributed by atoms with Gasteiger partial charge in [0.2, 0.25) is 0 Å². The molecular formula is C25H26N2O4. The summed E-state index contributed by atoms with van der Waals surface area (Å²) in [4.78, 5) is 27.5. The fourth-order valence-corrected chi connectivity index (χ4v) is 3.49. The van der Waals surface area contributed by atoms with Crippen LogP contribution in [0, 0.1) is 13.8 Å². The van der Waals surface area contributed by atoms with Crippen LogP contribution in [0.15, 0.2) is 53.5 Å². The predicted molar refractivity (Wildman–Crippen MR) is 122 cm³/mol. The SMILES string of the molecule is Cc1cc(C=Nc2ccc(C(C)(C)C)cc2)c(C)n1-c1cc(C(=O)O)cc(C(=O)O)c1. The van der Waals surface area contributed by atoms with Crippen LogP contribution in [0.2, 0.25) is 0 Å². The molecule has 1 heterocycles. The van der Waals surface area contributed by atoms with Gasteiger partial charge in [0.25, 0.3) is 0 Å². The lowest BCUT2D eigenvalue weighted by molar-refractivity contribution is 0.0696. The lowest BCUT2D eigenvalue weighted by atomic mass is 9.87. The predicted octanol–water partition coefficient (Wildman–Crippen LogP) is 5.54. The van der Waals surface area contributed by atoms with E-state index in [1.54, 1.807) is 6.21 Å². The van der Waals surface area contributed by atoms with E-state index in [9.17, 15) is 19.8 Å². The van der Waals surface area contributed by atoms with Gasteiger partial charge in [-0.3, -0.25) is 4.99 Å². The molecule has 160 valence electrons. The first-order valence-corrected chi connectivity index (χ1v) is 9.93. The van der Waals surface area contributed by atoms with Gasteiger partial charge in [-0.15, -0.1) is 0 Å². The molecule has 0 radical (unpaired) electrons. The number of carboxylic acid groups (broad SMARTS) is 2. The quantitative estimate of drug-likeness (QED) is 0.532. The Hall–Kier alpha value is -3.67. The molecule has 0 amide bonds. The Labute approximate surface area is 181 Å². The molecule has 1 aromatic heterocycles. The molecule has 0 spiro atoms. The Balaban J connectivity index is 1.99. The zero-order valence-corrected chi connectivity index (χ0v) is 18.3. The number of hydrogen-bond acceptors (Lipinski definition) is 3. The van der Waals surface area contributed by atoms with Crippen molar-refractivity contribution in [3.8, 4) is 5.69 Å². The normalized spacial score (nSPS) is 11.8. The average Bonchev–Trinajstić information content (AvgIpc) is 2.98. The third-order valence-electron chi connectivity index (χ3n) is 5.23. The maximum atomic E-state index is 11.5. The molecule has 0 aliphatic rings. The minimum absolute atomic E-state index is 0.0726. The number of aliphatic imine (C=N–C) groups is 1. The molecule has 0 unspecified atom stereocenters. The van der Waals surface area contributed by atoms with Gasteiger partial charge in [-0.2, -0.15) is 0 Å². The fourth-order valence-electron chi connectivity index (χ4n) is 3.49. The Morgan fingerprint density at radius 3 is 1.94 bits per heavy atom. The third-order valence-corrected chi connectivity index (χ3v) is 5.23. The third kappa shape index (κ3) is 4.74. The van der Waals surface area contributed by atoms with E-state index in [1.165, 1.54) is 17.7 Å². The van der Waals surface area contributed by atoms with E-state index in [4.69, 9.17) is 0 Å². The molecule has 0 saturated heterocycles. The highest BCUT2D eigenvalue weighted by Crippen LogP contribution is 2.26. The molecule has 2 aromatic carbocycles. The fraction of sp³-hybridized carbons (Fsp3) is 0.240. The van der Waals surface area contributed by atoms with Crippen molar-refractivity contribution in [3.63, 3.8) is 0 Å². The molecule has 0 aliphatic carbocycles. The highest BCUT2D eigenvalue weighted by molar-refractivity contribution is 5.95. The van der Waals surface area contributed by atoms with Gasteiger partial charge in [-0.25, -0.2) is 9.59 Å². The van der Waals surface area contributed by atoms with Crippen LogP contribution in [0.1, 0.15) is 64.0 Å². The summed E-state index contributed by atoms with van der Waals surface area (Å²) in [6, 6.07) is 14.1. The van der Waals surface area contributed by atoms with Crippen LogP contribution < -0.4 is 0 Å². The molecule has 0 fully saturated rings. The van der Waals surface area contributed by atoms with Crippen molar-refractivity contribution in [1.82, 2.24) is 4.57 Å². The van der Waals surface area contributed by atoms with Crippen LogP contribution in [0.3, 0.4) is 0 Å². The Morgan fingerprint density at radius 2 is 1.45 bits per heavy atom. The molecule has 0 bridgehead atoms. The van der Waals surface area contributed by atoms with Gasteiger partial charge in [0.05, 0.1) is 16.8 Å². The second-order valence-corrected chi connectivity index (χ2v) is 8.60. The van der Waals surface area contributed by atoms with E-state index in [0.29, 0.717) is 5.69 Å². The molecule has 0 saturated carbocycles. The van der Waals surface area contributed by atoms with Gasteiger partial charge in [-0.05, 0) is 61.2 Å². The molecule has 6 heteroatoms. The molecule has 2 N–H and O–H groups in total. The minimum Gasteiger partial charge on any atom is -0.478 e. The first kappa shape index (κ1) is 22.0. The van der Waals surface area contributed by atoms with Crippen LogP contribution in [0.5, 0.6) is 0 Å². The summed E-state index contributed by atoms with van der Waals surface area (Å²) in [5, 5.41) is 18.7. The van der Waals surface area contributed by atoms with Gasteiger partial charge in [0.15, 0.2) is 0 Å². The second kappa shape index (κ2) is 8.22. The number of carbonyl (C=O) groups is 2. The number of benzene rings is 2. The van der Waals surface area contributed by atoms with Gasteiger partial charge in [0, 0.05) is 28.9 Å². The van der Waals surface area contributed by atoms with Gasteiger partial charge < -0.3 is 14.8 Å². The molecular weight excluding hydrogens is 392 g/mol. The molecule has 0 aliphatic heterocycles. The lowest BCUT2D eigenvalue weighted by Gasteiger charge is -2.18. The van der Waals surface area contributed by atoms with Crippen molar-refractivity contribution in [1.29, 1.82) is 0 Å². The summed E-state index contributed by atoms with van der Waals surface area (Å²) in [7, 11) is 0. The monoisotopic (exact) mass is 418 g/mol. The number of aryl methyl sites for hydroxylation is 1. The number of nitrogens with zero attached hydrogens (tertiary/aromatic N) is 2. The van der Waals surface area contributed by atoms with Crippen molar-refractivity contribution in [3.05, 3.63) is 82.2 Å². The van der Waals surface area contributed by atoms with Crippen molar-refractivity contribution < 1.29 is 19.8 Å². The maximum absolute atomic E-state index is 11.5. The van der Waals surface area contributed by atoms with Crippen LogP contribution in [-0.4, -0.2) is 32.9 Å². The van der Waals surface area contributed by atoms with Gasteiger partial charge >= 0.3 is 11.9 Å². The second-order valence-electron chi connectivity index (χ2n) is 8.60. The number of rotatable bonds is 5. The van der Waals surface area contributed by atoms with Crippen LogP contribution in [0.4, 0.5) is 5.69 Å². The van der Waals surface area contributed by atoms with Crippen molar-refractivity contribution in [2.45, 2.75) is 40.0 Å². The van der Waals surface area contributed by atoms with Gasteiger partial charge in [0.1, 0.15) is 0 Å². The molecule has 31 heavy (non-hydrogen) atoms. The lowest BCUT2D eigenvalue weighted by Crippen LogP contribution is -2.10. The summed E-state index contributed by atoms with van der Waals surface area (Å²) in [5.41, 5.74) is 5.04. The van der Waals surface area contributed by atoms with Crippen molar-refractivity contribution >= 4 is 23.8 Å². The summed E-state index contributed by atoms with van der Waals surface area (Å²) < 4.78 is 1.84. The highest BCUT2D eigenvalue weighted by atomic mass is 16.4. The van der Waals surface area contributed by atoms with E-state index in [-0.39, 0.29) is 16.5 Å². The summed E-state index contributed by atoms with van der Waals surface area (Å²) in [5.74, 6) is -2.35. The first-order chi connectivity index (χ1) is 14.5. The topological polar surface area (TPSA) is 91.9 Å². The summed E-state index contributed by atoms with van der Waals surface area (Å²) in [6.07, 6.45) is 1.77. The molecule has 3 rings (SSSR count). The Morgan fingerprint density at radius 1 is 0.903 bits per heavy atom. The smallest absolute Gasteiger partial charge is 0.335 e. The molecule has 3 aromatic rings. The molecule has 0 atom stereocenters. The first-order valence-electron chi connectivity index (χ1n) is 9.93. The van der Waals surface area contributed by atoms with Crippen LogP contribution >= 0.6 is 0 Å². The Kier molecular flexibility index (Phi) is 5.84. The van der Waals surface area contributed by atoms with E-state index < -0.39 is 11.9 Å². The number of hydrogen-bond donors (Lipinski definition) is 2. The zero-order chi connectivity index (χ0) is 22.9. The standard InChI is InChI=1S/C25H26N2O4/c1-15-10-19(14-26-21-8-6-20(7-9-21)25(3,4)5)16(2)27(15)22-12-17(23(28)29)11-18(13-22)24(30)31/h6-14H,1-5H3,(H,28,29)(H,30,31).